The van der Waals surface area contributed by atoms with Crippen LogP contribution in [0.5, 0.6) is 0 Å². The fraction of sp³-hybridized carbons (Fsp3) is 0.444. The van der Waals surface area contributed by atoms with E-state index >= 15 is 0 Å². The third-order valence-electron chi connectivity index (χ3n) is 3.90. The largest absolute Gasteiger partial charge is 0.480 e. The SMILES string of the molecule is CC(=O)NCCN(C(=O)CC(NC(C)=O)c1ccc(Cl)cc1)C(C)C(=O)O. The van der Waals surface area contributed by atoms with Crippen LogP contribution in [-0.2, 0) is 19.2 Å². The van der Waals surface area contributed by atoms with E-state index in [1.165, 1.54) is 25.7 Å². The molecular formula is C18H24ClN3O5. The number of carbonyl (C=O) groups excluding carboxylic acids is 3. The van der Waals surface area contributed by atoms with Gasteiger partial charge in [0, 0.05) is 32.0 Å². The summed E-state index contributed by atoms with van der Waals surface area (Å²) in [6.45, 7) is 4.23. The van der Waals surface area contributed by atoms with E-state index in [2.05, 4.69) is 10.6 Å². The lowest BCUT2D eigenvalue weighted by Crippen LogP contribution is -2.47. The van der Waals surface area contributed by atoms with Gasteiger partial charge < -0.3 is 20.6 Å². The molecule has 9 heteroatoms. The topological polar surface area (TPSA) is 116 Å². The van der Waals surface area contributed by atoms with Crippen LogP contribution < -0.4 is 10.6 Å². The predicted molar refractivity (Wildman–Crippen MR) is 100 cm³/mol. The Labute approximate surface area is 162 Å². The number of nitrogens with zero attached hydrogens (tertiary/aromatic N) is 1. The Morgan fingerprint density at radius 1 is 1.11 bits per heavy atom. The van der Waals surface area contributed by atoms with Crippen molar-refractivity contribution < 1.29 is 24.3 Å². The molecule has 1 aromatic rings. The van der Waals surface area contributed by atoms with E-state index in [0.717, 1.165) is 0 Å². The highest BCUT2D eigenvalue weighted by Gasteiger charge is 2.28. The molecule has 0 saturated carbocycles. The molecule has 0 saturated heterocycles. The second kappa shape index (κ2) is 10.5. The molecule has 0 radical (unpaired) electrons. The van der Waals surface area contributed by atoms with Crippen molar-refractivity contribution in [2.45, 2.75) is 39.3 Å². The third kappa shape index (κ3) is 7.65. The highest BCUT2D eigenvalue weighted by Crippen LogP contribution is 2.21. The van der Waals surface area contributed by atoms with Gasteiger partial charge in [0.1, 0.15) is 6.04 Å². The van der Waals surface area contributed by atoms with Gasteiger partial charge in [0.2, 0.25) is 17.7 Å². The first-order chi connectivity index (χ1) is 12.6. The molecule has 1 rings (SSSR count). The molecule has 8 nitrogen and oxygen atoms in total. The Kier molecular flexibility index (Phi) is 8.74. The summed E-state index contributed by atoms with van der Waals surface area (Å²) in [7, 11) is 0. The summed E-state index contributed by atoms with van der Waals surface area (Å²) in [6, 6.07) is 4.97. The quantitative estimate of drug-likeness (QED) is 0.581. The van der Waals surface area contributed by atoms with Gasteiger partial charge >= 0.3 is 5.97 Å². The van der Waals surface area contributed by atoms with Crippen LogP contribution in [0.3, 0.4) is 0 Å². The number of nitrogens with one attached hydrogen (secondary N) is 2. The molecule has 0 aliphatic rings. The lowest BCUT2D eigenvalue weighted by molar-refractivity contribution is -0.149. The van der Waals surface area contributed by atoms with Crippen molar-refractivity contribution in [3.8, 4) is 0 Å². The Morgan fingerprint density at radius 2 is 1.70 bits per heavy atom. The number of amides is 3. The van der Waals surface area contributed by atoms with Crippen LogP contribution in [0.1, 0.15) is 38.8 Å². The standard InChI is InChI=1S/C18H24ClN3O5/c1-11(18(26)27)22(9-8-20-12(2)23)17(25)10-16(21-13(3)24)14-4-6-15(19)7-5-14/h4-7,11,16H,8-10H2,1-3H3,(H,20,23)(H,21,24)(H,26,27). The van der Waals surface area contributed by atoms with Crippen molar-refractivity contribution in [1.82, 2.24) is 15.5 Å². The molecule has 1 aromatic carbocycles. The summed E-state index contributed by atoms with van der Waals surface area (Å²) < 4.78 is 0. The van der Waals surface area contributed by atoms with E-state index in [1.807, 2.05) is 0 Å². The Bertz CT molecular complexity index is 693. The summed E-state index contributed by atoms with van der Waals surface area (Å²) in [5, 5.41) is 15.0. The van der Waals surface area contributed by atoms with Gasteiger partial charge in [-0.05, 0) is 24.6 Å². The summed E-state index contributed by atoms with van der Waals surface area (Å²) in [4.78, 5) is 47.8. The zero-order valence-corrected chi connectivity index (χ0v) is 16.2. The van der Waals surface area contributed by atoms with Gasteiger partial charge in [-0.2, -0.15) is 0 Å². The molecule has 3 N–H and O–H groups in total. The summed E-state index contributed by atoms with van der Waals surface area (Å²) in [6.07, 6.45) is -0.126. The number of halogens is 1. The van der Waals surface area contributed by atoms with E-state index in [9.17, 15) is 24.3 Å². The molecule has 148 valence electrons. The van der Waals surface area contributed by atoms with Gasteiger partial charge in [-0.1, -0.05) is 23.7 Å². The van der Waals surface area contributed by atoms with Gasteiger partial charge in [-0.15, -0.1) is 0 Å². The number of rotatable bonds is 9. The van der Waals surface area contributed by atoms with Crippen LogP contribution in [0.2, 0.25) is 5.02 Å². The zero-order valence-electron chi connectivity index (χ0n) is 15.5. The molecule has 0 heterocycles. The molecule has 0 aromatic heterocycles. The number of carboxylic acid groups (broad SMARTS) is 1. The first-order valence-electron chi connectivity index (χ1n) is 8.41. The van der Waals surface area contributed by atoms with E-state index in [-0.39, 0.29) is 31.3 Å². The zero-order chi connectivity index (χ0) is 20.6. The molecule has 0 bridgehead atoms. The Morgan fingerprint density at radius 3 is 2.19 bits per heavy atom. The van der Waals surface area contributed by atoms with Gasteiger partial charge in [-0.3, -0.25) is 14.4 Å². The van der Waals surface area contributed by atoms with Crippen LogP contribution in [0.25, 0.3) is 0 Å². The minimum absolute atomic E-state index is 0.0410. The number of benzene rings is 1. The van der Waals surface area contributed by atoms with Gasteiger partial charge in [0.15, 0.2) is 0 Å². The lowest BCUT2D eigenvalue weighted by atomic mass is 10.0. The Balaban J connectivity index is 2.97. The second-order valence-corrected chi connectivity index (χ2v) is 6.53. The van der Waals surface area contributed by atoms with E-state index in [0.29, 0.717) is 10.6 Å². The van der Waals surface area contributed by atoms with Crippen LogP contribution >= 0.6 is 11.6 Å². The van der Waals surface area contributed by atoms with Crippen molar-refractivity contribution in [3.63, 3.8) is 0 Å². The van der Waals surface area contributed by atoms with Gasteiger partial charge in [0.05, 0.1) is 12.5 Å². The van der Waals surface area contributed by atoms with Crippen LogP contribution in [0.4, 0.5) is 0 Å². The molecule has 0 aliphatic carbocycles. The fourth-order valence-electron chi connectivity index (χ4n) is 2.50. The number of hydrogen-bond acceptors (Lipinski definition) is 4. The molecule has 2 atom stereocenters. The second-order valence-electron chi connectivity index (χ2n) is 6.09. The minimum atomic E-state index is -1.16. The van der Waals surface area contributed by atoms with Gasteiger partial charge in [0.25, 0.3) is 0 Å². The van der Waals surface area contributed by atoms with Crippen LogP contribution in [-0.4, -0.2) is 52.8 Å². The maximum Gasteiger partial charge on any atom is 0.326 e. The molecule has 0 aliphatic heterocycles. The average molecular weight is 398 g/mol. The molecule has 0 spiro atoms. The highest BCUT2D eigenvalue weighted by atomic mass is 35.5. The summed E-state index contributed by atoms with van der Waals surface area (Å²) in [5.74, 6) is -2.21. The molecule has 27 heavy (non-hydrogen) atoms. The maximum atomic E-state index is 12.8. The lowest BCUT2D eigenvalue weighted by Gasteiger charge is -2.29. The minimum Gasteiger partial charge on any atom is -0.480 e. The molecule has 2 unspecified atom stereocenters. The predicted octanol–water partition coefficient (Wildman–Crippen LogP) is 1.35. The van der Waals surface area contributed by atoms with Crippen molar-refractivity contribution in [2.75, 3.05) is 13.1 Å². The van der Waals surface area contributed by atoms with E-state index < -0.39 is 24.0 Å². The van der Waals surface area contributed by atoms with E-state index in [4.69, 9.17) is 11.6 Å². The van der Waals surface area contributed by atoms with Crippen molar-refractivity contribution in [1.29, 1.82) is 0 Å². The monoisotopic (exact) mass is 397 g/mol. The Hall–Kier alpha value is -2.61. The maximum absolute atomic E-state index is 12.8. The summed E-state index contributed by atoms with van der Waals surface area (Å²) in [5.41, 5.74) is 0.674. The van der Waals surface area contributed by atoms with Crippen molar-refractivity contribution >= 4 is 35.3 Å². The molecular weight excluding hydrogens is 374 g/mol. The number of carboxylic acids is 1. The smallest absolute Gasteiger partial charge is 0.326 e. The molecule has 3 amide bonds. The number of carbonyl (C=O) groups is 4. The van der Waals surface area contributed by atoms with Crippen LogP contribution in [0, 0.1) is 0 Å². The fourth-order valence-corrected chi connectivity index (χ4v) is 2.63. The first-order valence-corrected chi connectivity index (χ1v) is 8.79. The van der Waals surface area contributed by atoms with Crippen LogP contribution in [0.15, 0.2) is 24.3 Å². The number of aliphatic carboxylic acids is 1. The third-order valence-corrected chi connectivity index (χ3v) is 4.15. The highest BCUT2D eigenvalue weighted by molar-refractivity contribution is 6.30. The van der Waals surface area contributed by atoms with Crippen molar-refractivity contribution in [3.05, 3.63) is 34.9 Å². The van der Waals surface area contributed by atoms with E-state index in [1.54, 1.807) is 24.3 Å². The number of hydrogen-bond donors (Lipinski definition) is 3. The van der Waals surface area contributed by atoms with Crippen molar-refractivity contribution in [2.24, 2.45) is 0 Å². The first kappa shape index (κ1) is 22.4. The normalized spacial score (nSPS) is 12.6. The summed E-state index contributed by atoms with van der Waals surface area (Å²) >= 11 is 5.88. The van der Waals surface area contributed by atoms with Gasteiger partial charge in [-0.25, -0.2) is 4.79 Å². The molecule has 0 fully saturated rings. The average Bonchev–Trinajstić information content (AvgIpc) is 2.57.